The van der Waals surface area contributed by atoms with E-state index < -0.39 is 5.91 Å². The van der Waals surface area contributed by atoms with Crippen LogP contribution >= 0.6 is 0 Å². The monoisotopic (exact) mass is 275 g/mol. The second kappa shape index (κ2) is 5.13. The molecule has 1 amide bonds. The zero-order chi connectivity index (χ0) is 14.1. The van der Waals surface area contributed by atoms with E-state index in [9.17, 15) is 9.90 Å². The molecule has 3 rings (SSSR count). The molecule has 2 fully saturated rings. The molecule has 0 unspecified atom stereocenters. The van der Waals surface area contributed by atoms with Crippen molar-refractivity contribution in [2.45, 2.75) is 25.3 Å². The molecule has 1 aromatic carbocycles. The SMILES string of the molecule is O=C(NN[C@H]1/C(=N/O)[C@H]2CC[C@H]1C2)c1ccccc1O. The van der Waals surface area contributed by atoms with Crippen molar-refractivity contribution in [2.24, 2.45) is 17.0 Å². The molecule has 1 aromatic rings. The molecule has 6 nitrogen and oxygen atoms in total. The fourth-order valence-electron chi connectivity index (χ4n) is 3.30. The summed E-state index contributed by atoms with van der Waals surface area (Å²) >= 11 is 0. The van der Waals surface area contributed by atoms with Crippen LogP contribution in [0.1, 0.15) is 29.6 Å². The van der Waals surface area contributed by atoms with Crippen LogP contribution in [0, 0.1) is 11.8 Å². The van der Waals surface area contributed by atoms with Crippen molar-refractivity contribution in [1.82, 2.24) is 10.9 Å². The number of oxime groups is 1. The van der Waals surface area contributed by atoms with E-state index in [1.807, 2.05) is 0 Å². The number of hydrogen-bond acceptors (Lipinski definition) is 5. The molecule has 0 aromatic heterocycles. The van der Waals surface area contributed by atoms with Crippen molar-refractivity contribution in [1.29, 1.82) is 0 Å². The number of hydrazine groups is 1. The topological polar surface area (TPSA) is 94.0 Å². The highest BCUT2D eigenvalue weighted by molar-refractivity contribution is 5.98. The number of para-hydroxylation sites is 1. The number of nitrogens with zero attached hydrogens (tertiary/aromatic N) is 1. The summed E-state index contributed by atoms with van der Waals surface area (Å²) in [6.45, 7) is 0. The summed E-state index contributed by atoms with van der Waals surface area (Å²) in [6.07, 6.45) is 3.13. The van der Waals surface area contributed by atoms with Crippen LogP contribution in [0.5, 0.6) is 5.75 Å². The second-order valence-electron chi connectivity index (χ2n) is 5.39. The van der Waals surface area contributed by atoms with E-state index in [-0.39, 0.29) is 17.4 Å². The van der Waals surface area contributed by atoms with E-state index in [0.717, 1.165) is 25.0 Å². The van der Waals surface area contributed by atoms with Crippen LogP contribution in [0.2, 0.25) is 0 Å². The first-order valence-electron chi connectivity index (χ1n) is 6.76. The molecule has 0 spiro atoms. The highest BCUT2D eigenvalue weighted by Gasteiger charge is 2.45. The molecule has 2 aliphatic carbocycles. The van der Waals surface area contributed by atoms with E-state index in [0.29, 0.717) is 11.8 Å². The highest BCUT2D eigenvalue weighted by atomic mass is 16.4. The summed E-state index contributed by atoms with van der Waals surface area (Å²) in [5, 5.41) is 22.1. The predicted octanol–water partition coefficient (Wildman–Crippen LogP) is 1.26. The fourth-order valence-corrected chi connectivity index (χ4v) is 3.30. The van der Waals surface area contributed by atoms with Crippen LogP contribution in [-0.2, 0) is 0 Å². The minimum Gasteiger partial charge on any atom is -0.507 e. The normalized spacial score (nSPS) is 29.8. The Morgan fingerprint density at radius 3 is 2.85 bits per heavy atom. The van der Waals surface area contributed by atoms with Crippen molar-refractivity contribution < 1.29 is 15.1 Å². The van der Waals surface area contributed by atoms with Crippen LogP contribution in [0.25, 0.3) is 0 Å². The maximum Gasteiger partial charge on any atom is 0.269 e. The Labute approximate surface area is 116 Å². The van der Waals surface area contributed by atoms with E-state index in [1.54, 1.807) is 18.2 Å². The number of carbonyl (C=O) groups is 1. The van der Waals surface area contributed by atoms with E-state index >= 15 is 0 Å². The number of phenols is 1. The third kappa shape index (κ3) is 2.12. The Bertz CT molecular complexity index is 558. The summed E-state index contributed by atoms with van der Waals surface area (Å²) in [6, 6.07) is 6.24. The third-order valence-corrected chi connectivity index (χ3v) is 4.29. The van der Waals surface area contributed by atoms with Crippen molar-refractivity contribution in [2.75, 3.05) is 0 Å². The number of nitrogens with one attached hydrogen (secondary N) is 2. The number of benzene rings is 1. The Morgan fingerprint density at radius 2 is 2.10 bits per heavy atom. The molecule has 0 saturated heterocycles. The van der Waals surface area contributed by atoms with Gasteiger partial charge in [-0.05, 0) is 37.3 Å². The molecule has 106 valence electrons. The van der Waals surface area contributed by atoms with Crippen molar-refractivity contribution in [3.63, 3.8) is 0 Å². The summed E-state index contributed by atoms with van der Waals surface area (Å²) < 4.78 is 0. The molecule has 2 saturated carbocycles. The Hall–Kier alpha value is -2.08. The zero-order valence-electron chi connectivity index (χ0n) is 10.9. The number of phenolic OH excluding ortho intramolecular Hbond substituents is 1. The van der Waals surface area contributed by atoms with Crippen LogP contribution in [0.15, 0.2) is 29.4 Å². The van der Waals surface area contributed by atoms with E-state index in [1.165, 1.54) is 6.07 Å². The minimum atomic E-state index is -0.400. The molecule has 0 radical (unpaired) electrons. The van der Waals surface area contributed by atoms with Gasteiger partial charge in [-0.3, -0.25) is 10.2 Å². The van der Waals surface area contributed by atoms with Gasteiger partial charge in [0.05, 0.1) is 17.3 Å². The first-order valence-corrected chi connectivity index (χ1v) is 6.76. The molecule has 2 bridgehead atoms. The number of carbonyl (C=O) groups excluding carboxylic acids is 1. The van der Waals surface area contributed by atoms with Gasteiger partial charge in [0.1, 0.15) is 5.75 Å². The second-order valence-corrected chi connectivity index (χ2v) is 5.39. The minimum absolute atomic E-state index is 0.0595. The standard InChI is InChI=1S/C14H17N3O3/c18-11-4-2-1-3-10(11)14(19)16-15-12-8-5-6-9(7-8)13(12)17-20/h1-4,8-9,12,15,18,20H,5-7H2,(H,16,19)/b17-13+/t8-,9-,12+/m0/s1. The average molecular weight is 275 g/mol. The maximum absolute atomic E-state index is 12.0. The van der Waals surface area contributed by atoms with Crippen LogP contribution in [0.3, 0.4) is 0 Å². The first-order chi connectivity index (χ1) is 9.70. The molecular weight excluding hydrogens is 258 g/mol. The number of rotatable bonds is 3. The molecule has 4 N–H and O–H groups in total. The summed E-state index contributed by atoms with van der Waals surface area (Å²) in [5.74, 6) is 0.263. The van der Waals surface area contributed by atoms with Gasteiger partial charge in [0.15, 0.2) is 0 Å². The van der Waals surface area contributed by atoms with Gasteiger partial charge in [-0.1, -0.05) is 17.3 Å². The van der Waals surface area contributed by atoms with E-state index in [4.69, 9.17) is 5.21 Å². The largest absolute Gasteiger partial charge is 0.507 e. The molecule has 0 heterocycles. The van der Waals surface area contributed by atoms with Gasteiger partial charge in [-0.15, -0.1) is 0 Å². The van der Waals surface area contributed by atoms with Crippen LogP contribution in [0.4, 0.5) is 0 Å². The number of amides is 1. The fraction of sp³-hybridized carbons (Fsp3) is 0.429. The third-order valence-electron chi connectivity index (χ3n) is 4.29. The van der Waals surface area contributed by atoms with Crippen molar-refractivity contribution in [3.05, 3.63) is 29.8 Å². The quantitative estimate of drug-likeness (QED) is 0.493. The molecule has 20 heavy (non-hydrogen) atoms. The molecule has 6 heteroatoms. The van der Waals surface area contributed by atoms with E-state index in [2.05, 4.69) is 16.0 Å². The van der Waals surface area contributed by atoms with Gasteiger partial charge >= 0.3 is 0 Å². The van der Waals surface area contributed by atoms with Crippen LogP contribution < -0.4 is 10.9 Å². The molecule has 0 aliphatic heterocycles. The molecular formula is C14H17N3O3. The lowest BCUT2D eigenvalue weighted by molar-refractivity contribution is 0.0923. The summed E-state index contributed by atoms with van der Waals surface area (Å²) in [7, 11) is 0. The van der Waals surface area contributed by atoms with Crippen LogP contribution in [-0.4, -0.2) is 28.0 Å². The first kappa shape index (κ1) is 12.9. The lowest BCUT2D eigenvalue weighted by Crippen LogP contribution is -2.50. The van der Waals surface area contributed by atoms with Gasteiger partial charge in [0.25, 0.3) is 5.91 Å². The highest BCUT2D eigenvalue weighted by Crippen LogP contribution is 2.42. The Balaban J connectivity index is 1.65. The Morgan fingerprint density at radius 1 is 1.30 bits per heavy atom. The predicted molar refractivity (Wildman–Crippen MR) is 72.5 cm³/mol. The molecule has 2 aliphatic rings. The number of hydrogen-bond donors (Lipinski definition) is 4. The number of aromatic hydroxyl groups is 1. The lowest BCUT2D eigenvalue weighted by Gasteiger charge is -2.24. The zero-order valence-corrected chi connectivity index (χ0v) is 10.9. The summed E-state index contributed by atoms with van der Waals surface area (Å²) in [4.78, 5) is 12.0. The van der Waals surface area contributed by atoms with Crippen molar-refractivity contribution in [3.8, 4) is 5.75 Å². The van der Waals surface area contributed by atoms with Gasteiger partial charge in [-0.25, -0.2) is 5.43 Å². The maximum atomic E-state index is 12.0. The smallest absolute Gasteiger partial charge is 0.269 e. The average Bonchev–Trinajstić information content (AvgIpc) is 3.05. The lowest BCUT2D eigenvalue weighted by atomic mass is 9.94. The van der Waals surface area contributed by atoms with Gasteiger partial charge in [0, 0.05) is 5.92 Å². The van der Waals surface area contributed by atoms with Gasteiger partial charge in [-0.2, -0.15) is 0 Å². The van der Waals surface area contributed by atoms with Gasteiger partial charge < -0.3 is 10.3 Å². The van der Waals surface area contributed by atoms with Gasteiger partial charge in [0.2, 0.25) is 0 Å². The number of fused-ring (bicyclic) bond motifs is 2. The Kier molecular flexibility index (Phi) is 3.31. The molecule has 3 atom stereocenters. The summed E-state index contributed by atoms with van der Waals surface area (Å²) in [5.41, 5.74) is 6.46. The van der Waals surface area contributed by atoms with Crippen molar-refractivity contribution >= 4 is 11.6 Å².